The van der Waals surface area contributed by atoms with Crippen molar-refractivity contribution in [2.45, 2.75) is 71.7 Å². The molecule has 0 saturated carbocycles. The number of carbonyl (C=O) groups excluding carboxylic acids is 1. The molecule has 13 nitrogen and oxygen atoms in total. The third-order valence-electron chi connectivity index (χ3n) is 8.99. The van der Waals surface area contributed by atoms with E-state index in [1.54, 1.807) is 52.5 Å². The maximum absolute atomic E-state index is 15.6. The fourth-order valence-electron chi connectivity index (χ4n) is 6.83. The van der Waals surface area contributed by atoms with Crippen LogP contribution in [-0.4, -0.2) is 67.9 Å². The van der Waals surface area contributed by atoms with Gasteiger partial charge < -0.3 is 19.3 Å². The Kier molecular flexibility index (Phi) is 9.03. The predicted octanol–water partition coefficient (Wildman–Crippen LogP) is 6.24. The number of anilines is 1. The van der Waals surface area contributed by atoms with Gasteiger partial charge in [-0.05, 0) is 57.4 Å². The molecule has 52 heavy (non-hydrogen) atoms. The number of aryl methyl sites for hydroxylation is 1. The van der Waals surface area contributed by atoms with Crippen LogP contribution in [0.25, 0.3) is 22.3 Å². The molecule has 2 aliphatic heterocycles. The number of halogens is 4. The van der Waals surface area contributed by atoms with E-state index in [1.165, 1.54) is 11.1 Å². The number of pyridine rings is 3. The van der Waals surface area contributed by atoms with Crippen LogP contribution in [0.2, 0.25) is 0 Å². The van der Waals surface area contributed by atoms with Crippen molar-refractivity contribution < 1.29 is 36.8 Å². The summed E-state index contributed by atoms with van der Waals surface area (Å²) in [5.41, 5.74) is -7.16. The lowest BCUT2D eigenvalue weighted by Crippen LogP contribution is -2.55. The van der Waals surface area contributed by atoms with Gasteiger partial charge in [-0.25, -0.2) is 9.18 Å². The smallest absolute Gasteiger partial charge is 0.431 e. The van der Waals surface area contributed by atoms with E-state index in [0.29, 0.717) is 23.4 Å². The highest BCUT2D eigenvalue weighted by molar-refractivity contribution is 5.97. The number of nitrogens with zero attached hydrogens (tertiary/aromatic N) is 6. The highest BCUT2D eigenvalue weighted by atomic mass is 19.4. The first kappa shape index (κ1) is 36.3. The largest absolute Gasteiger partial charge is 0.486 e. The number of hydrogen-bond acceptors (Lipinski definition) is 9. The summed E-state index contributed by atoms with van der Waals surface area (Å²) in [5, 5.41) is 11.7. The third kappa shape index (κ3) is 6.21. The number of rotatable bonds is 4. The Morgan fingerprint density at radius 3 is 2.40 bits per heavy atom. The number of alkyl halides is 3. The van der Waals surface area contributed by atoms with Gasteiger partial charge in [0.2, 0.25) is 5.75 Å². The normalized spacial score (nSPS) is 16.3. The Labute approximate surface area is 294 Å². The molecule has 3 aromatic heterocycles. The van der Waals surface area contributed by atoms with Gasteiger partial charge in [0.15, 0.2) is 11.5 Å². The molecule has 1 atom stereocenters. The van der Waals surface area contributed by atoms with Crippen LogP contribution >= 0.6 is 0 Å². The Hall–Kier alpha value is -5.48. The fourth-order valence-corrected chi connectivity index (χ4v) is 6.83. The molecule has 1 aromatic carbocycles. The Balaban J connectivity index is 1.76. The molecule has 0 spiro atoms. The first-order valence-electron chi connectivity index (χ1n) is 16.5. The summed E-state index contributed by atoms with van der Waals surface area (Å²) in [4.78, 5) is 61.1. The summed E-state index contributed by atoms with van der Waals surface area (Å²) in [6.07, 6.45) is -4.23. The molecule has 4 aromatic rings. The average Bonchev–Trinajstić information content (AvgIpc) is 3.24. The second-order valence-electron chi connectivity index (χ2n) is 14.0. The lowest BCUT2D eigenvalue weighted by molar-refractivity contribution is -0.384. The van der Waals surface area contributed by atoms with Crippen molar-refractivity contribution in [1.29, 1.82) is 0 Å². The van der Waals surface area contributed by atoms with E-state index < -0.39 is 68.4 Å². The van der Waals surface area contributed by atoms with Crippen LogP contribution in [0.1, 0.15) is 63.9 Å². The lowest BCUT2D eigenvalue weighted by atomic mass is 10.0. The van der Waals surface area contributed by atoms with E-state index in [-0.39, 0.29) is 65.7 Å². The second kappa shape index (κ2) is 12.9. The number of para-hydroxylation sites is 1. The van der Waals surface area contributed by atoms with Crippen LogP contribution in [0.4, 0.5) is 33.7 Å². The molecule has 6 rings (SSSR count). The molecule has 2 aliphatic rings. The number of piperazine rings is 1. The van der Waals surface area contributed by atoms with E-state index in [2.05, 4.69) is 4.98 Å². The minimum absolute atomic E-state index is 0.0191. The van der Waals surface area contributed by atoms with Crippen LogP contribution < -0.4 is 20.8 Å². The van der Waals surface area contributed by atoms with Gasteiger partial charge in [0.1, 0.15) is 16.8 Å². The summed E-state index contributed by atoms with van der Waals surface area (Å²) < 4.78 is 73.4. The zero-order valence-electron chi connectivity index (χ0n) is 29.2. The zero-order chi connectivity index (χ0) is 38.0. The summed E-state index contributed by atoms with van der Waals surface area (Å²) in [6.45, 7) is 10.4. The zero-order valence-corrected chi connectivity index (χ0v) is 29.2. The van der Waals surface area contributed by atoms with Crippen molar-refractivity contribution in [3.63, 3.8) is 0 Å². The molecule has 0 bridgehead atoms. The molecule has 1 fully saturated rings. The van der Waals surface area contributed by atoms with Gasteiger partial charge >= 0.3 is 12.3 Å². The van der Waals surface area contributed by atoms with Crippen molar-refractivity contribution in [3.05, 3.63) is 90.1 Å². The van der Waals surface area contributed by atoms with Crippen molar-refractivity contribution in [2.75, 3.05) is 31.1 Å². The molecule has 5 heterocycles. The molecular weight excluding hydrogens is 692 g/mol. The van der Waals surface area contributed by atoms with Crippen molar-refractivity contribution in [1.82, 2.24) is 19.0 Å². The van der Waals surface area contributed by atoms with Gasteiger partial charge in [-0.1, -0.05) is 19.9 Å². The monoisotopic (exact) mass is 728 g/mol. The van der Waals surface area contributed by atoms with E-state index >= 15 is 17.6 Å². The van der Waals surface area contributed by atoms with Crippen LogP contribution in [0.3, 0.4) is 0 Å². The number of aromatic nitrogens is 3. The molecule has 0 aliphatic carbocycles. The SMILES string of the molecule is Cc1ccnc(C(C)C)c1-n1c(=O)c2c(c3cc(C(F)(F)F)n(-c4c(F)cccc4[N+](=O)[O-])c(=O)c31)N1CCN(C(=O)OC(C)(C)C)CC1CCO2. The highest BCUT2D eigenvalue weighted by Crippen LogP contribution is 2.43. The molecule has 0 N–H and O–H groups in total. The molecule has 1 amide bonds. The van der Waals surface area contributed by atoms with Crippen molar-refractivity contribution >= 4 is 28.4 Å². The van der Waals surface area contributed by atoms with Crippen LogP contribution in [0.5, 0.6) is 5.75 Å². The molecule has 1 unspecified atom stereocenters. The number of carbonyl (C=O) groups is 1. The second-order valence-corrected chi connectivity index (χ2v) is 14.0. The summed E-state index contributed by atoms with van der Waals surface area (Å²) in [5.74, 6) is -2.15. The maximum Gasteiger partial charge on any atom is 0.431 e. The van der Waals surface area contributed by atoms with Crippen molar-refractivity contribution in [3.8, 4) is 17.1 Å². The first-order valence-corrected chi connectivity index (χ1v) is 16.5. The minimum Gasteiger partial charge on any atom is -0.486 e. The van der Waals surface area contributed by atoms with E-state index in [1.807, 2.05) is 0 Å². The van der Waals surface area contributed by atoms with E-state index in [0.717, 1.165) is 16.7 Å². The van der Waals surface area contributed by atoms with E-state index in [4.69, 9.17) is 9.47 Å². The van der Waals surface area contributed by atoms with Crippen molar-refractivity contribution in [2.24, 2.45) is 0 Å². The molecular formula is C35H36F4N6O7. The van der Waals surface area contributed by atoms with E-state index in [9.17, 15) is 24.5 Å². The van der Waals surface area contributed by atoms with Gasteiger partial charge in [0.25, 0.3) is 16.8 Å². The average molecular weight is 729 g/mol. The van der Waals surface area contributed by atoms with Gasteiger partial charge in [0.05, 0.1) is 34.6 Å². The summed E-state index contributed by atoms with van der Waals surface area (Å²) in [7, 11) is 0. The number of fused-ring (bicyclic) bond motifs is 5. The maximum atomic E-state index is 15.6. The Morgan fingerprint density at radius 1 is 1.06 bits per heavy atom. The third-order valence-corrected chi connectivity index (χ3v) is 8.99. The molecule has 276 valence electrons. The predicted molar refractivity (Wildman–Crippen MR) is 182 cm³/mol. The standard InChI is InChI=1S/C35H36F4N6O7/c1-18(2)25-26(19(3)10-12-40-25)44-28-21(16-24(35(37,38)39)43(31(28)46)29-22(36)8-7-9-23(29)45(49)50)27-30(32(44)47)51-15-11-20-17-41(13-14-42(20)27)33(48)52-34(4,5)6/h7-10,12,16,18,20H,11,13-15,17H2,1-6H3. The Morgan fingerprint density at radius 2 is 1.77 bits per heavy atom. The van der Waals surface area contributed by atoms with Gasteiger partial charge in [-0.2, -0.15) is 13.2 Å². The van der Waals surface area contributed by atoms with Gasteiger partial charge in [-0.3, -0.25) is 33.8 Å². The molecule has 17 heteroatoms. The molecule has 0 radical (unpaired) electrons. The minimum atomic E-state index is -5.36. The van der Waals surface area contributed by atoms with Crippen LogP contribution in [-0.2, 0) is 10.9 Å². The Bertz CT molecular complexity index is 2240. The number of ether oxygens (including phenoxy) is 2. The number of nitro benzene ring substituents is 1. The number of nitro groups is 1. The highest BCUT2D eigenvalue weighted by Gasteiger charge is 2.42. The number of amides is 1. The number of hydrogen-bond donors (Lipinski definition) is 0. The first-order chi connectivity index (χ1) is 24.3. The summed E-state index contributed by atoms with van der Waals surface area (Å²) >= 11 is 0. The van der Waals surface area contributed by atoms with Gasteiger partial charge in [0, 0.05) is 43.7 Å². The lowest BCUT2D eigenvalue weighted by Gasteiger charge is -2.42. The molecule has 1 saturated heterocycles. The van der Waals surface area contributed by atoms with Gasteiger partial charge in [-0.15, -0.1) is 0 Å². The quantitative estimate of drug-likeness (QED) is 0.136. The number of benzene rings is 1. The van der Waals surface area contributed by atoms with Crippen LogP contribution in [0.15, 0.2) is 46.1 Å². The summed E-state index contributed by atoms with van der Waals surface area (Å²) in [6, 6.07) is 3.99. The fraction of sp³-hybridized carbons (Fsp3) is 0.429. The topological polar surface area (TPSA) is 142 Å². The van der Waals surface area contributed by atoms with Crippen LogP contribution in [0, 0.1) is 22.9 Å².